The molecule has 0 fully saturated rings. The van der Waals surface area contributed by atoms with Gasteiger partial charge in [-0.05, 0) is 12.1 Å². The van der Waals surface area contributed by atoms with Gasteiger partial charge in [-0.3, -0.25) is 0 Å². The number of nitrogens with zero attached hydrogens (tertiary/aromatic N) is 1. The van der Waals surface area contributed by atoms with Gasteiger partial charge in [0.25, 0.3) is 0 Å². The highest BCUT2D eigenvalue weighted by Crippen LogP contribution is 2.42. The Kier molecular flexibility index (Phi) is 3.01. The van der Waals surface area contributed by atoms with Gasteiger partial charge in [-0.2, -0.15) is 0 Å². The number of hydrogen-bond acceptors (Lipinski definition) is 5. The van der Waals surface area contributed by atoms with Gasteiger partial charge in [-0.1, -0.05) is 30.6 Å². The molecule has 0 saturated heterocycles. The minimum atomic E-state index is -0.0703. The lowest BCUT2D eigenvalue weighted by Gasteiger charge is -2.19. The van der Waals surface area contributed by atoms with Crippen LogP contribution in [0.4, 0.5) is 5.82 Å². The molecule has 20 heavy (non-hydrogen) atoms. The zero-order chi connectivity index (χ0) is 14.3. The van der Waals surface area contributed by atoms with E-state index in [1.165, 1.54) is 0 Å². The molecule has 0 atom stereocenters. The lowest BCUT2D eigenvalue weighted by Crippen LogP contribution is -2.26. The molecular weight excluding hydrogens is 280 g/mol. The first kappa shape index (κ1) is 13.1. The number of nitrogen functional groups attached to an aromatic ring is 1. The van der Waals surface area contributed by atoms with Gasteiger partial charge in [0, 0.05) is 17.0 Å². The van der Waals surface area contributed by atoms with Crippen molar-refractivity contribution in [1.29, 1.82) is 0 Å². The average molecular weight is 295 g/mol. The number of hydrogen-bond donors (Lipinski definition) is 1. The van der Waals surface area contributed by atoms with E-state index in [9.17, 15) is 0 Å². The molecule has 3 rings (SSSR count). The van der Waals surface area contributed by atoms with Crippen molar-refractivity contribution >= 4 is 17.4 Å². The summed E-state index contributed by atoms with van der Waals surface area (Å²) < 4.78 is 16.7. The molecule has 0 bridgehead atoms. The fourth-order valence-corrected chi connectivity index (χ4v) is 2.23. The molecule has 1 aliphatic rings. The standard InChI is InChI=1S/C14H15ClN2O3/c1-14(2)6-18-11-4-8(10-5-12(16)17-20-10)3-9(15)13(11)19-7-14/h3-5H,6-7H2,1-2H3,(H2,16,17). The maximum absolute atomic E-state index is 6.27. The Morgan fingerprint density at radius 3 is 2.65 bits per heavy atom. The van der Waals surface area contributed by atoms with Gasteiger partial charge in [0.15, 0.2) is 23.1 Å². The highest BCUT2D eigenvalue weighted by atomic mass is 35.5. The third kappa shape index (κ3) is 2.41. The molecule has 1 aromatic carbocycles. The van der Waals surface area contributed by atoms with E-state index < -0.39 is 0 Å². The summed E-state index contributed by atoms with van der Waals surface area (Å²) in [5.74, 6) is 2.03. The Morgan fingerprint density at radius 2 is 1.95 bits per heavy atom. The minimum absolute atomic E-state index is 0.0703. The van der Waals surface area contributed by atoms with Crippen molar-refractivity contribution in [3.63, 3.8) is 0 Å². The van der Waals surface area contributed by atoms with Crippen LogP contribution in [0, 0.1) is 5.41 Å². The molecule has 2 N–H and O–H groups in total. The van der Waals surface area contributed by atoms with Crippen LogP contribution in [-0.2, 0) is 0 Å². The molecule has 0 amide bonds. The van der Waals surface area contributed by atoms with Gasteiger partial charge >= 0.3 is 0 Å². The molecule has 0 saturated carbocycles. The van der Waals surface area contributed by atoms with Crippen LogP contribution in [0.1, 0.15) is 13.8 Å². The van der Waals surface area contributed by atoms with Crippen LogP contribution < -0.4 is 15.2 Å². The zero-order valence-electron chi connectivity index (χ0n) is 11.3. The SMILES string of the molecule is CC1(C)COc2cc(-c3cc(N)no3)cc(Cl)c2OC1. The quantitative estimate of drug-likeness (QED) is 0.873. The summed E-state index contributed by atoms with van der Waals surface area (Å²) in [4.78, 5) is 0. The van der Waals surface area contributed by atoms with Gasteiger partial charge < -0.3 is 19.7 Å². The average Bonchev–Trinajstić information content (AvgIpc) is 2.74. The Morgan fingerprint density at radius 1 is 1.20 bits per heavy atom. The highest BCUT2D eigenvalue weighted by molar-refractivity contribution is 6.32. The molecule has 1 aliphatic heterocycles. The third-order valence-electron chi connectivity index (χ3n) is 3.05. The summed E-state index contributed by atoms with van der Waals surface area (Å²) in [6, 6.07) is 5.21. The molecule has 0 radical (unpaired) electrons. The molecule has 0 unspecified atom stereocenters. The smallest absolute Gasteiger partial charge is 0.179 e. The predicted octanol–water partition coefficient (Wildman–Crippen LogP) is 3.37. The zero-order valence-corrected chi connectivity index (χ0v) is 12.0. The lowest BCUT2D eigenvalue weighted by atomic mass is 9.97. The van der Waals surface area contributed by atoms with Crippen molar-refractivity contribution < 1.29 is 14.0 Å². The summed E-state index contributed by atoms with van der Waals surface area (Å²) in [5, 5.41) is 4.14. The highest BCUT2D eigenvalue weighted by Gasteiger charge is 2.27. The number of ether oxygens (including phenoxy) is 2. The summed E-state index contributed by atoms with van der Waals surface area (Å²) in [6.07, 6.45) is 0. The summed E-state index contributed by atoms with van der Waals surface area (Å²) in [5.41, 5.74) is 6.24. The van der Waals surface area contributed by atoms with E-state index in [-0.39, 0.29) is 5.41 Å². The number of nitrogens with two attached hydrogens (primary N) is 1. The minimum Gasteiger partial charge on any atom is -0.489 e. The number of aromatic nitrogens is 1. The van der Waals surface area contributed by atoms with Crippen molar-refractivity contribution in [3.8, 4) is 22.8 Å². The van der Waals surface area contributed by atoms with Crippen LogP contribution in [0.15, 0.2) is 22.7 Å². The Hall–Kier alpha value is -1.88. The molecule has 106 valence electrons. The fraction of sp³-hybridized carbons (Fsp3) is 0.357. The van der Waals surface area contributed by atoms with Crippen LogP contribution in [0.2, 0.25) is 5.02 Å². The van der Waals surface area contributed by atoms with Crippen LogP contribution in [0.25, 0.3) is 11.3 Å². The molecule has 2 heterocycles. The van der Waals surface area contributed by atoms with Crippen molar-refractivity contribution in [2.24, 2.45) is 5.41 Å². The van der Waals surface area contributed by atoms with Crippen LogP contribution in [-0.4, -0.2) is 18.4 Å². The van der Waals surface area contributed by atoms with E-state index in [0.29, 0.717) is 41.3 Å². The van der Waals surface area contributed by atoms with Crippen molar-refractivity contribution in [1.82, 2.24) is 5.16 Å². The molecule has 0 aliphatic carbocycles. The van der Waals surface area contributed by atoms with Crippen LogP contribution >= 0.6 is 11.6 Å². The second kappa shape index (κ2) is 4.59. The van der Waals surface area contributed by atoms with Gasteiger partial charge in [-0.25, -0.2) is 0 Å². The first-order valence-corrected chi connectivity index (χ1v) is 6.64. The Bertz CT molecular complexity index is 652. The van der Waals surface area contributed by atoms with Crippen molar-refractivity contribution in [2.45, 2.75) is 13.8 Å². The normalized spacial score (nSPS) is 16.8. The van der Waals surface area contributed by atoms with E-state index in [4.69, 9.17) is 31.3 Å². The first-order chi connectivity index (χ1) is 9.44. The van der Waals surface area contributed by atoms with Crippen LogP contribution in [0.3, 0.4) is 0 Å². The molecule has 6 heteroatoms. The van der Waals surface area contributed by atoms with E-state index in [2.05, 4.69) is 19.0 Å². The lowest BCUT2D eigenvalue weighted by molar-refractivity contribution is 0.140. The van der Waals surface area contributed by atoms with Crippen molar-refractivity contribution in [3.05, 3.63) is 23.2 Å². The van der Waals surface area contributed by atoms with Crippen molar-refractivity contribution in [2.75, 3.05) is 18.9 Å². The number of rotatable bonds is 1. The van der Waals surface area contributed by atoms with Gasteiger partial charge in [-0.15, -0.1) is 0 Å². The second-order valence-electron chi connectivity index (χ2n) is 5.64. The topological polar surface area (TPSA) is 70.5 Å². The molecule has 5 nitrogen and oxygen atoms in total. The summed E-state index contributed by atoms with van der Waals surface area (Å²) in [7, 11) is 0. The molecule has 0 spiro atoms. The van der Waals surface area contributed by atoms with Gasteiger partial charge in [0.2, 0.25) is 0 Å². The maximum atomic E-state index is 6.27. The van der Waals surface area contributed by atoms with Gasteiger partial charge in [0.1, 0.15) is 0 Å². The first-order valence-electron chi connectivity index (χ1n) is 6.26. The van der Waals surface area contributed by atoms with E-state index >= 15 is 0 Å². The predicted molar refractivity (Wildman–Crippen MR) is 76.1 cm³/mol. The number of anilines is 1. The summed E-state index contributed by atoms with van der Waals surface area (Å²) >= 11 is 6.27. The van der Waals surface area contributed by atoms with Gasteiger partial charge in [0.05, 0.1) is 18.2 Å². The second-order valence-corrected chi connectivity index (χ2v) is 6.05. The number of halogens is 1. The van der Waals surface area contributed by atoms with E-state index in [0.717, 1.165) is 5.56 Å². The summed E-state index contributed by atoms with van der Waals surface area (Å²) in [6.45, 7) is 5.25. The van der Waals surface area contributed by atoms with Crippen LogP contribution in [0.5, 0.6) is 11.5 Å². The molecule has 1 aromatic heterocycles. The molecular formula is C14H15ClN2O3. The maximum Gasteiger partial charge on any atom is 0.179 e. The number of fused-ring (bicyclic) bond motifs is 1. The third-order valence-corrected chi connectivity index (χ3v) is 3.33. The monoisotopic (exact) mass is 294 g/mol. The fourth-order valence-electron chi connectivity index (χ4n) is 1.97. The number of benzene rings is 1. The largest absolute Gasteiger partial charge is 0.489 e. The van der Waals surface area contributed by atoms with E-state index in [1.54, 1.807) is 12.1 Å². The van der Waals surface area contributed by atoms with E-state index in [1.807, 2.05) is 6.07 Å². The Balaban J connectivity index is 2.02. The molecule has 2 aromatic rings. The Labute approximate surface area is 121 Å².